The highest BCUT2D eigenvalue weighted by atomic mass is 16.3. The van der Waals surface area contributed by atoms with Gasteiger partial charge in [-0.25, -0.2) is 9.97 Å². The highest BCUT2D eigenvalue weighted by Crippen LogP contribution is 2.33. The number of hydrogen-bond acceptors (Lipinski definition) is 4. The summed E-state index contributed by atoms with van der Waals surface area (Å²) in [6.07, 6.45) is 3.66. The molecule has 1 atom stereocenters. The molecule has 1 aliphatic heterocycles. The molecule has 0 spiro atoms. The third-order valence-corrected chi connectivity index (χ3v) is 5.45. The number of benzene rings is 2. The van der Waals surface area contributed by atoms with Gasteiger partial charge in [-0.1, -0.05) is 30.3 Å². The number of rotatable bonds is 3. The van der Waals surface area contributed by atoms with E-state index in [2.05, 4.69) is 4.98 Å². The van der Waals surface area contributed by atoms with E-state index in [1.54, 1.807) is 6.20 Å². The average molecular weight is 383 g/mol. The Morgan fingerprint density at radius 3 is 2.83 bits per heavy atom. The molecule has 3 heterocycles. The Morgan fingerprint density at radius 2 is 1.97 bits per heavy atom. The number of nitrogens with zero attached hydrogens (tertiary/aromatic N) is 3. The molecular formula is C24H21N3O2. The quantitative estimate of drug-likeness (QED) is 0.489. The Bertz CT molecular complexity index is 1180. The molecular weight excluding hydrogens is 362 g/mol. The fourth-order valence-electron chi connectivity index (χ4n) is 4.08. The van der Waals surface area contributed by atoms with Crippen molar-refractivity contribution in [2.45, 2.75) is 25.8 Å². The van der Waals surface area contributed by atoms with E-state index in [0.29, 0.717) is 11.4 Å². The lowest BCUT2D eigenvalue weighted by molar-refractivity contribution is 0.0733. The lowest BCUT2D eigenvalue weighted by Gasteiger charge is -2.24. The minimum Gasteiger partial charge on any atom is -0.461 e. The topological polar surface area (TPSA) is 59.2 Å². The van der Waals surface area contributed by atoms with E-state index in [0.717, 1.165) is 47.4 Å². The standard InChI is InChI=1S/C24H21N3O2/c1-16-14-19-15-18(9-10-22(19)29-16)24(28)27-13-5-8-21(27)20-11-12-25-23(26-20)17-6-3-2-4-7-17/h2-4,6-7,9-12,14-15,21H,5,8,13H2,1H3. The van der Waals surface area contributed by atoms with E-state index in [-0.39, 0.29) is 11.9 Å². The number of aromatic nitrogens is 2. The van der Waals surface area contributed by atoms with E-state index < -0.39 is 0 Å². The second kappa shape index (κ2) is 7.17. The molecule has 1 fully saturated rings. The molecule has 2 aromatic heterocycles. The van der Waals surface area contributed by atoms with Crippen LogP contribution in [0.5, 0.6) is 0 Å². The Morgan fingerprint density at radius 1 is 1.10 bits per heavy atom. The number of carbonyl (C=O) groups excluding carboxylic acids is 1. The number of fused-ring (bicyclic) bond motifs is 1. The van der Waals surface area contributed by atoms with Gasteiger partial charge in [0.05, 0.1) is 11.7 Å². The molecule has 5 nitrogen and oxygen atoms in total. The zero-order chi connectivity index (χ0) is 19.8. The first-order valence-corrected chi connectivity index (χ1v) is 9.88. The number of carbonyl (C=O) groups is 1. The van der Waals surface area contributed by atoms with Crippen LogP contribution in [-0.2, 0) is 0 Å². The normalized spacial score (nSPS) is 16.4. The monoisotopic (exact) mass is 383 g/mol. The van der Waals surface area contributed by atoms with Crippen LogP contribution in [0, 0.1) is 6.92 Å². The fourth-order valence-corrected chi connectivity index (χ4v) is 4.08. The average Bonchev–Trinajstić information content (AvgIpc) is 3.39. The summed E-state index contributed by atoms with van der Waals surface area (Å²) in [7, 11) is 0. The molecule has 1 aliphatic rings. The van der Waals surface area contributed by atoms with Gasteiger partial charge in [-0.15, -0.1) is 0 Å². The molecule has 1 saturated heterocycles. The molecule has 144 valence electrons. The lowest BCUT2D eigenvalue weighted by atomic mass is 10.1. The van der Waals surface area contributed by atoms with Gasteiger partial charge in [0.15, 0.2) is 5.82 Å². The number of furan rings is 1. The molecule has 1 amide bonds. The number of amides is 1. The SMILES string of the molecule is Cc1cc2cc(C(=O)N3CCCC3c3ccnc(-c4ccccc4)n3)ccc2o1. The van der Waals surface area contributed by atoms with Crippen molar-refractivity contribution in [3.8, 4) is 11.4 Å². The van der Waals surface area contributed by atoms with Crippen molar-refractivity contribution in [2.24, 2.45) is 0 Å². The first-order valence-electron chi connectivity index (χ1n) is 9.88. The molecule has 4 aromatic rings. The molecule has 5 heteroatoms. The Balaban J connectivity index is 1.46. The predicted molar refractivity (Wildman–Crippen MR) is 111 cm³/mol. The molecule has 0 aliphatic carbocycles. The van der Waals surface area contributed by atoms with Crippen LogP contribution in [-0.4, -0.2) is 27.3 Å². The fraction of sp³-hybridized carbons (Fsp3) is 0.208. The second-order valence-corrected chi connectivity index (χ2v) is 7.44. The van der Waals surface area contributed by atoms with Crippen molar-refractivity contribution < 1.29 is 9.21 Å². The summed E-state index contributed by atoms with van der Waals surface area (Å²) in [6, 6.07) is 19.4. The van der Waals surface area contributed by atoms with Gasteiger partial charge in [0.25, 0.3) is 5.91 Å². The van der Waals surface area contributed by atoms with E-state index in [1.807, 2.05) is 72.5 Å². The van der Waals surface area contributed by atoms with Gasteiger partial charge < -0.3 is 9.32 Å². The molecule has 0 saturated carbocycles. The molecule has 29 heavy (non-hydrogen) atoms. The molecule has 0 bridgehead atoms. The van der Waals surface area contributed by atoms with Crippen molar-refractivity contribution in [2.75, 3.05) is 6.54 Å². The summed E-state index contributed by atoms with van der Waals surface area (Å²) in [5.41, 5.74) is 3.36. The van der Waals surface area contributed by atoms with Crippen LogP contribution in [0.4, 0.5) is 0 Å². The van der Waals surface area contributed by atoms with Crippen molar-refractivity contribution in [1.29, 1.82) is 0 Å². The summed E-state index contributed by atoms with van der Waals surface area (Å²) in [6.45, 7) is 2.65. The Hall–Kier alpha value is -3.47. The summed E-state index contributed by atoms with van der Waals surface area (Å²) in [4.78, 5) is 24.4. The van der Waals surface area contributed by atoms with Gasteiger partial charge in [0.1, 0.15) is 11.3 Å². The summed E-state index contributed by atoms with van der Waals surface area (Å²) >= 11 is 0. The van der Waals surface area contributed by atoms with E-state index in [1.165, 1.54) is 0 Å². The smallest absolute Gasteiger partial charge is 0.254 e. The zero-order valence-electron chi connectivity index (χ0n) is 16.2. The number of hydrogen-bond donors (Lipinski definition) is 0. The Kier molecular flexibility index (Phi) is 4.35. The van der Waals surface area contributed by atoms with Crippen molar-refractivity contribution in [3.63, 3.8) is 0 Å². The molecule has 1 unspecified atom stereocenters. The second-order valence-electron chi connectivity index (χ2n) is 7.44. The maximum absolute atomic E-state index is 13.3. The number of likely N-dealkylation sites (tertiary alicyclic amines) is 1. The van der Waals surface area contributed by atoms with Gasteiger partial charge in [-0.05, 0) is 50.1 Å². The van der Waals surface area contributed by atoms with E-state index in [9.17, 15) is 4.79 Å². The van der Waals surface area contributed by atoms with Crippen LogP contribution >= 0.6 is 0 Å². The van der Waals surface area contributed by atoms with Crippen molar-refractivity contribution in [3.05, 3.63) is 83.9 Å². The van der Waals surface area contributed by atoms with Gasteiger partial charge in [-0.2, -0.15) is 0 Å². The van der Waals surface area contributed by atoms with Crippen LogP contribution in [0.2, 0.25) is 0 Å². The van der Waals surface area contributed by atoms with E-state index >= 15 is 0 Å². The van der Waals surface area contributed by atoms with Crippen LogP contribution in [0.3, 0.4) is 0 Å². The molecule has 0 N–H and O–H groups in total. The minimum absolute atomic E-state index is 0.0326. The molecule has 5 rings (SSSR count). The highest BCUT2D eigenvalue weighted by Gasteiger charge is 2.32. The number of aryl methyl sites for hydroxylation is 1. The van der Waals surface area contributed by atoms with Crippen LogP contribution in [0.15, 0.2) is 71.3 Å². The molecule has 2 aromatic carbocycles. The summed E-state index contributed by atoms with van der Waals surface area (Å²) in [5, 5.41) is 0.956. The Labute approximate surface area is 169 Å². The van der Waals surface area contributed by atoms with Crippen LogP contribution < -0.4 is 0 Å². The van der Waals surface area contributed by atoms with Crippen LogP contribution in [0.25, 0.3) is 22.4 Å². The largest absolute Gasteiger partial charge is 0.461 e. The lowest BCUT2D eigenvalue weighted by Crippen LogP contribution is -2.31. The maximum Gasteiger partial charge on any atom is 0.254 e. The third kappa shape index (κ3) is 3.29. The van der Waals surface area contributed by atoms with Crippen molar-refractivity contribution in [1.82, 2.24) is 14.9 Å². The molecule has 0 radical (unpaired) electrons. The van der Waals surface area contributed by atoms with Crippen molar-refractivity contribution >= 4 is 16.9 Å². The summed E-state index contributed by atoms with van der Waals surface area (Å²) < 4.78 is 5.63. The maximum atomic E-state index is 13.3. The van der Waals surface area contributed by atoms with Gasteiger partial charge in [0, 0.05) is 29.3 Å². The van der Waals surface area contributed by atoms with E-state index in [4.69, 9.17) is 9.40 Å². The van der Waals surface area contributed by atoms with Gasteiger partial charge in [-0.3, -0.25) is 4.79 Å². The van der Waals surface area contributed by atoms with Crippen LogP contribution in [0.1, 0.15) is 40.7 Å². The summed E-state index contributed by atoms with van der Waals surface area (Å²) in [5.74, 6) is 1.57. The first-order chi connectivity index (χ1) is 14.2. The third-order valence-electron chi connectivity index (χ3n) is 5.45. The highest BCUT2D eigenvalue weighted by molar-refractivity contribution is 5.98. The zero-order valence-corrected chi connectivity index (χ0v) is 16.2. The van der Waals surface area contributed by atoms with Gasteiger partial charge >= 0.3 is 0 Å². The predicted octanol–water partition coefficient (Wildman–Crippen LogP) is 5.18. The first kappa shape index (κ1) is 17.6. The minimum atomic E-state index is -0.0326. The van der Waals surface area contributed by atoms with Gasteiger partial charge in [0.2, 0.25) is 0 Å².